The summed E-state index contributed by atoms with van der Waals surface area (Å²) in [5.41, 5.74) is 0. The molecule has 2 heterocycles. The second-order valence-corrected chi connectivity index (χ2v) is 2.71. The molecule has 1 N–H and O–H groups in total. The molecule has 0 aromatic carbocycles. The van der Waals surface area contributed by atoms with Crippen LogP contribution in [0.2, 0.25) is 0 Å². The van der Waals surface area contributed by atoms with Gasteiger partial charge in [-0.05, 0) is 19.1 Å². The van der Waals surface area contributed by atoms with Crippen LogP contribution in [0.15, 0.2) is 30.9 Å². The lowest BCUT2D eigenvalue weighted by molar-refractivity contribution is 1.05. The van der Waals surface area contributed by atoms with Gasteiger partial charge in [0.15, 0.2) is 0 Å². The van der Waals surface area contributed by atoms with Gasteiger partial charge in [-0.15, -0.1) is 0 Å². The van der Waals surface area contributed by atoms with Crippen LogP contribution < -0.4 is 5.32 Å². The Morgan fingerprint density at radius 2 is 1.93 bits per heavy atom. The van der Waals surface area contributed by atoms with Crippen molar-refractivity contribution in [2.75, 3.05) is 5.32 Å². The van der Waals surface area contributed by atoms with Crippen LogP contribution in [0.25, 0.3) is 0 Å². The zero-order chi connectivity index (χ0) is 9.80. The lowest BCUT2D eigenvalue weighted by atomic mass is 10.5. The van der Waals surface area contributed by atoms with E-state index in [1.54, 1.807) is 24.5 Å². The number of hydrogen-bond donors (Lipinski definition) is 1. The molecule has 0 bridgehead atoms. The molecule has 0 aliphatic heterocycles. The van der Waals surface area contributed by atoms with Crippen molar-refractivity contribution < 1.29 is 0 Å². The molecule has 5 heteroatoms. The first-order valence-electron chi connectivity index (χ1n) is 4.17. The van der Waals surface area contributed by atoms with E-state index in [-0.39, 0.29) is 0 Å². The largest absolute Gasteiger partial charge is 0.325 e. The SMILES string of the molecule is Cc1nccc(Nc2ccncn2)n1. The molecule has 0 saturated carbocycles. The Morgan fingerprint density at radius 1 is 1.07 bits per heavy atom. The average Bonchev–Trinajstić information content (AvgIpc) is 2.19. The van der Waals surface area contributed by atoms with Crippen LogP contribution in [0, 0.1) is 6.92 Å². The highest BCUT2D eigenvalue weighted by atomic mass is 15.1. The molecular formula is C9H9N5. The van der Waals surface area contributed by atoms with Gasteiger partial charge in [0.1, 0.15) is 23.8 Å². The van der Waals surface area contributed by atoms with Gasteiger partial charge in [0.05, 0.1) is 0 Å². The predicted molar refractivity (Wildman–Crippen MR) is 52.1 cm³/mol. The van der Waals surface area contributed by atoms with Gasteiger partial charge >= 0.3 is 0 Å². The molecule has 0 amide bonds. The Labute approximate surface area is 81.3 Å². The van der Waals surface area contributed by atoms with Gasteiger partial charge in [-0.1, -0.05) is 0 Å². The van der Waals surface area contributed by atoms with Gasteiger partial charge in [-0.2, -0.15) is 0 Å². The van der Waals surface area contributed by atoms with E-state index >= 15 is 0 Å². The molecule has 0 atom stereocenters. The molecule has 0 fully saturated rings. The van der Waals surface area contributed by atoms with Crippen molar-refractivity contribution in [3.05, 3.63) is 36.7 Å². The summed E-state index contributed by atoms with van der Waals surface area (Å²) in [6, 6.07) is 3.56. The Kier molecular flexibility index (Phi) is 2.31. The van der Waals surface area contributed by atoms with Gasteiger partial charge in [0, 0.05) is 12.4 Å². The zero-order valence-corrected chi connectivity index (χ0v) is 7.68. The molecule has 0 unspecified atom stereocenters. The summed E-state index contributed by atoms with van der Waals surface area (Å²) in [6.45, 7) is 1.84. The smallest absolute Gasteiger partial charge is 0.135 e. The summed E-state index contributed by atoms with van der Waals surface area (Å²) in [5.74, 6) is 2.18. The van der Waals surface area contributed by atoms with Gasteiger partial charge in [-0.3, -0.25) is 0 Å². The maximum absolute atomic E-state index is 4.19. The molecule has 2 rings (SSSR count). The fraction of sp³-hybridized carbons (Fsp3) is 0.111. The molecule has 70 valence electrons. The minimum Gasteiger partial charge on any atom is -0.325 e. The number of nitrogens with one attached hydrogen (secondary N) is 1. The third-order valence-electron chi connectivity index (χ3n) is 1.61. The number of aryl methyl sites for hydroxylation is 1. The van der Waals surface area contributed by atoms with Crippen molar-refractivity contribution in [2.45, 2.75) is 6.92 Å². The quantitative estimate of drug-likeness (QED) is 0.768. The van der Waals surface area contributed by atoms with Gasteiger partial charge in [0.2, 0.25) is 0 Å². The second-order valence-electron chi connectivity index (χ2n) is 2.71. The molecule has 14 heavy (non-hydrogen) atoms. The van der Waals surface area contributed by atoms with E-state index in [4.69, 9.17) is 0 Å². The van der Waals surface area contributed by atoms with Gasteiger partial charge in [0.25, 0.3) is 0 Å². The normalized spacial score (nSPS) is 9.79. The average molecular weight is 187 g/mol. The topological polar surface area (TPSA) is 63.6 Å². The first-order valence-corrected chi connectivity index (χ1v) is 4.17. The Bertz CT molecular complexity index is 415. The molecule has 0 radical (unpaired) electrons. The number of hydrogen-bond acceptors (Lipinski definition) is 5. The van der Waals surface area contributed by atoms with Crippen LogP contribution in [0.1, 0.15) is 5.82 Å². The lowest BCUT2D eigenvalue weighted by Gasteiger charge is -2.03. The molecule has 0 saturated heterocycles. The van der Waals surface area contributed by atoms with Gasteiger partial charge in [-0.25, -0.2) is 19.9 Å². The monoisotopic (exact) mass is 187 g/mol. The predicted octanol–water partition coefficient (Wildman–Crippen LogP) is 1.32. The summed E-state index contributed by atoms with van der Waals surface area (Å²) in [7, 11) is 0. The molecule has 0 spiro atoms. The van der Waals surface area contributed by atoms with Gasteiger partial charge < -0.3 is 5.32 Å². The van der Waals surface area contributed by atoms with E-state index in [0.717, 1.165) is 17.5 Å². The number of aromatic nitrogens is 4. The van der Waals surface area contributed by atoms with E-state index in [9.17, 15) is 0 Å². The Balaban J connectivity index is 2.19. The van der Waals surface area contributed by atoms with Crippen molar-refractivity contribution in [3.8, 4) is 0 Å². The zero-order valence-electron chi connectivity index (χ0n) is 7.68. The molecule has 2 aromatic rings. The van der Waals surface area contributed by atoms with E-state index in [2.05, 4.69) is 25.3 Å². The van der Waals surface area contributed by atoms with E-state index in [0.29, 0.717) is 0 Å². The lowest BCUT2D eigenvalue weighted by Crippen LogP contribution is -1.97. The summed E-state index contributed by atoms with van der Waals surface area (Å²) in [4.78, 5) is 16.0. The first kappa shape index (κ1) is 8.55. The standard InChI is InChI=1S/C9H9N5/c1-7-11-5-3-9(13-7)14-8-2-4-10-6-12-8/h2-6H,1H3,(H,10,11,12,13,14). The van der Waals surface area contributed by atoms with Crippen LogP contribution in [0.4, 0.5) is 11.6 Å². The minimum absolute atomic E-state index is 0.720. The highest BCUT2D eigenvalue weighted by Crippen LogP contribution is 2.08. The maximum atomic E-state index is 4.19. The number of anilines is 2. The number of nitrogens with zero attached hydrogens (tertiary/aromatic N) is 4. The van der Waals surface area contributed by atoms with Crippen molar-refractivity contribution in [3.63, 3.8) is 0 Å². The number of rotatable bonds is 2. The van der Waals surface area contributed by atoms with Crippen molar-refractivity contribution in [1.29, 1.82) is 0 Å². The minimum atomic E-state index is 0.720. The third kappa shape index (κ3) is 2.01. The first-order chi connectivity index (χ1) is 6.84. The molecule has 0 aliphatic carbocycles. The molecular weight excluding hydrogens is 178 g/mol. The second kappa shape index (κ2) is 3.78. The van der Waals surface area contributed by atoms with Crippen molar-refractivity contribution in [1.82, 2.24) is 19.9 Å². The van der Waals surface area contributed by atoms with E-state index < -0.39 is 0 Å². The van der Waals surface area contributed by atoms with Crippen LogP contribution in [-0.4, -0.2) is 19.9 Å². The van der Waals surface area contributed by atoms with E-state index in [1.165, 1.54) is 6.33 Å². The highest BCUT2D eigenvalue weighted by molar-refractivity contribution is 5.49. The molecule has 0 aliphatic rings. The summed E-state index contributed by atoms with van der Waals surface area (Å²) >= 11 is 0. The van der Waals surface area contributed by atoms with Crippen molar-refractivity contribution >= 4 is 11.6 Å². The fourth-order valence-corrected chi connectivity index (χ4v) is 1.02. The van der Waals surface area contributed by atoms with Crippen molar-refractivity contribution in [2.24, 2.45) is 0 Å². The fourth-order valence-electron chi connectivity index (χ4n) is 1.02. The maximum Gasteiger partial charge on any atom is 0.135 e. The molecule has 2 aromatic heterocycles. The Morgan fingerprint density at radius 3 is 2.64 bits per heavy atom. The molecule has 5 nitrogen and oxygen atoms in total. The van der Waals surface area contributed by atoms with Crippen LogP contribution in [0.5, 0.6) is 0 Å². The third-order valence-corrected chi connectivity index (χ3v) is 1.61. The van der Waals surface area contributed by atoms with Crippen LogP contribution >= 0.6 is 0 Å². The summed E-state index contributed by atoms with van der Waals surface area (Å²) < 4.78 is 0. The van der Waals surface area contributed by atoms with Crippen LogP contribution in [-0.2, 0) is 0 Å². The summed E-state index contributed by atoms with van der Waals surface area (Å²) in [6.07, 6.45) is 4.85. The summed E-state index contributed by atoms with van der Waals surface area (Å²) in [5, 5.41) is 3.04. The van der Waals surface area contributed by atoms with E-state index in [1.807, 2.05) is 6.92 Å². The Hall–Kier alpha value is -2.04. The highest BCUT2D eigenvalue weighted by Gasteiger charge is 1.96. The van der Waals surface area contributed by atoms with Crippen LogP contribution in [0.3, 0.4) is 0 Å².